The Morgan fingerprint density at radius 3 is 2.67 bits per heavy atom. The molecule has 1 heterocycles. The first-order valence-corrected chi connectivity index (χ1v) is 8.71. The van der Waals surface area contributed by atoms with E-state index in [1.54, 1.807) is 0 Å². The first kappa shape index (κ1) is 15.1. The summed E-state index contributed by atoms with van der Waals surface area (Å²) in [6.07, 6.45) is 10.8. The number of hydrogen-bond acceptors (Lipinski definition) is 2. The minimum absolute atomic E-state index is 0.257. The molecule has 21 heavy (non-hydrogen) atoms. The Morgan fingerprint density at radius 2 is 1.90 bits per heavy atom. The van der Waals surface area contributed by atoms with Gasteiger partial charge in [0, 0.05) is 12.6 Å². The van der Waals surface area contributed by atoms with Gasteiger partial charge in [0.1, 0.15) is 0 Å². The Bertz CT molecular complexity index is 424. The zero-order valence-corrected chi connectivity index (χ0v) is 13.3. The van der Waals surface area contributed by atoms with Gasteiger partial charge in [-0.05, 0) is 44.6 Å². The van der Waals surface area contributed by atoms with Gasteiger partial charge in [-0.25, -0.2) is 0 Å². The van der Waals surface area contributed by atoms with E-state index in [0.717, 1.165) is 13.0 Å². The summed E-state index contributed by atoms with van der Waals surface area (Å²) in [6, 6.07) is 11.3. The van der Waals surface area contributed by atoms with Gasteiger partial charge in [-0.3, -0.25) is 0 Å². The molecule has 2 aliphatic rings. The molecule has 0 bridgehead atoms. The number of nitrogens with one attached hydrogen (secondary N) is 1. The van der Waals surface area contributed by atoms with Crippen LogP contribution < -0.4 is 5.32 Å². The molecule has 0 radical (unpaired) electrons. The molecule has 1 aromatic carbocycles. The Balaban J connectivity index is 1.41. The van der Waals surface area contributed by atoms with E-state index in [1.165, 1.54) is 50.5 Å². The third-order valence-corrected chi connectivity index (χ3v) is 5.18. The predicted molar refractivity (Wildman–Crippen MR) is 87.5 cm³/mol. The first-order valence-electron chi connectivity index (χ1n) is 8.71. The standard InChI is InChI=1S/C19H29NO/c1-16(14-17-8-4-2-5-9-17)20-15-18-10-13-19(21-18)11-6-3-7-12-19/h2,4-5,8-9,16,18,20H,3,6-7,10-15H2,1H3. The first-order chi connectivity index (χ1) is 10.3. The van der Waals surface area contributed by atoms with Gasteiger partial charge < -0.3 is 10.1 Å². The molecule has 2 atom stereocenters. The maximum absolute atomic E-state index is 6.43. The topological polar surface area (TPSA) is 21.3 Å². The molecule has 1 aliphatic heterocycles. The third-order valence-electron chi connectivity index (χ3n) is 5.18. The molecule has 0 amide bonds. The Morgan fingerprint density at radius 1 is 1.14 bits per heavy atom. The van der Waals surface area contributed by atoms with Crippen LogP contribution in [0, 0.1) is 0 Å². The quantitative estimate of drug-likeness (QED) is 0.880. The second kappa shape index (κ2) is 6.93. The van der Waals surface area contributed by atoms with Crippen molar-refractivity contribution in [3.63, 3.8) is 0 Å². The molecule has 1 spiro atoms. The van der Waals surface area contributed by atoms with E-state index in [0.29, 0.717) is 12.1 Å². The monoisotopic (exact) mass is 287 g/mol. The highest BCUT2D eigenvalue weighted by molar-refractivity contribution is 5.15. The highest BCUT2D eigenvalue weighted by Gasteiger charge is 2.40. The van der Waals surface area contributed by atoms with Crippen molar-refractivity contribution in [1.82, 2.24) is 5.32 Å². The molecule has 1 aromatic rings. The smallest absolute Gasteiger partial charge is 0.0708 e. The van der Waals surface area contributed by atoms with Crippen LogP contribution in [0.3, 0.4) is 0 Å². The van der Waals surface area contributed by atoms with Crippen molar-refractivity contribution in [3.05, 3.63) is 35.9 Å². The van der Waals surface area contributed by atoms with Crippen LogP contribution in [-0.2, 0) is 11.2 Å². The van der Waals surface area contributed by atoms with Crippen molar-refractivity contribution in [3.8, 4) is 0 Å². The average Bonchev–Trinajstić information content (AvgIpc) is 2.90. The summed E-state index contributed by atoms with van der Waals surface area (Å²) in [7, 11) is 0. The van der Waals surface area contributed by atoms with Crippen LogP contribution in [0.1, 0.15) is 57.4 Å². The molecule has 2 fully saturated rings. The molecule has 1 saturated heterocycles. The number of benzene rings is 1. The molecule has 2 nitrogen and oxygen atoms in total. The van der Waals surface area contributed by atoms with E-state index >= 15 is 0 Å². The minimum Gasteiger partial charge on any atom is -0.370 e. The lowest BCUT2D eigenvalue weighted by atomic mass is 9.83. The molecule has 2 heteroatoms. The molecule has 1 N–H and O–H groups in total. The van der Waals surface area contributed by atoms with Gasteiger partial charge in [-0.2, -0.15) is 0 Å². The van der Waals surface area contributed by atoms with Crippen LogP contribution in [-0.4, -0.2) is 24.3 Å². The van der Waals surface area contributed by atoms with Gasteiger partial charge in [-0.1, -0.05) is 49.6 Å². The zero-order valence-electron chi connectivity index (χ0n) is 13.3. The fraction of sp³-hybridized carbons (Fsp3) is 0.684. The fourth-order valence-electron chi connectivity index (χ4n) is 3.98. The van der Waals surface area contributed by atoms with Crippen LogP contribution in [0.4, 0.5) is 0 Å². The third kappa shape index (κ3) is 4.08. The van der Waals surface area contributed by atoms with Crippen molar-refractivity contribution in [1.29, 1.82) is 0 Å². The van der Waals surface area contributed by atoms with E-state index in [-0.39, 0.29) is 5.60 Å². The van der Waals surface area contributed by atoms with Crippen molar-refractivity contribution in [2.75, 3.05) is 6.54 Å². The van der Waals surface area contributed by atoms with Gasteiger partial charge >= 0.3 is 0 Å². The molecule has 1 saturated carbocycles. The highest BCUT2D eigenvalue weighted by atomic mass is 16.5. The Labute approximate surface area is 129 Å². The van der Waals surface area contributed by atoms with E-state index < -0.39 is 0 Å². The van der Waals surface area contributed by atoms with Crippen molar-refractivity contribution in [2.24, 2.45) is 0 Å². The van der Waals surface area contributed by atoms with E-state index in [4.69, 9.17) is 4.74 Å². The molecular weight excluding hydrogens is 258 g/mol. The Kier molecular flexibility index (Phi) is 4.97. The van der Waals surface area contributed by atoms with Gasteiger partial charge in [0.05, 0.1) is 11.7 Å². The van der Waals surface area contributed by atoms with Gasteiger partial charge in [0.15, 0.2) is 0 Å². The minimum atomic E-state index is 0.257. The zero-order chi connectivity index (χ0) is 14.5. The summed E-state index contributed by atoms with van der Waals surface area (Å²) < 4.78 is 6.43. The molecule has 1 aliphatic carbocycles. The van der Waals surface area contributed by atoms with Crippen LogP contribution in [0.2, 0.25) is 0 Å². The number of hydrogen-bond donors (Lipinski definition) is 1. The fourth-order valence-corrected chi connectivity index (χ4v) is 3.98. The highest BCUT2D eigenvalue weighted by Crippen LogP contribution is 2.41. The Hall–Kier alpha value is -0.860. The van der Waals surface area contributed by atoms with Crippen LogP contribution in [0.5, 0.6) is 0 Å². The van der Waals surface area contributed by atoms with Crippen molar-refractivity contribution >= 4 is 0 Å². The largest absolute Gasteiger partial charge is 0.370 e. The van der Waals surface area contributed by atoms with Crippen LogP contribution >= 0.6 is 0 Å². The second-order valence-corrected chi connectivity index (χ2v) is 7.02. The lowest BCUT2D eigenvalue weighted by Gasteiger charge is -2.33. The predicted octanol–water partition coefficient (Wildman–Crippen LogP) is 4.09. The van der Waals surface area contributed by atoms with Crippen LogP contribution in [0.25, 0.3) is 0 Å². The van der Waals surface area contributed by atoms with Gasteiger partial charge in [0.2, 0.25) is 0 Å². The van der Waals surface area contributed by atoms with Crippen LogP contribution in [0.15, 0.2) is 30.3 Å². The normalized spacial score (nSPS) is 26.0. The van der Waals surface area contributed by atoms with E-state index in [9.17, 15) is 0 Å². The van der Waals surface area contributed by atoms with Gasteiger partial charge in [-0.15, -0.1) is 0 Å². The molecule has 116 valence electrons. The summed E-state index contributed by atoms with van der Waals surface area (Å²) in [4.78, 5) is 0. The average molecular weight is 287 g/mol. The number of ether oxygens (including phenoxy) is 1. The maximum atomic E-state index is 6.43. The summed E-state index contributed by atoms with van der Waals surface area (Å²) in [6.45, 7) is 3.29. The SMILES string of the molecule is CC(Cc1ccccc1)NCC1CCC2(CCCCC2)O1. The summed E-state index contributed by atoms with van der Waals surface area (Å²) in [5.41, 5.74) is 1.67. The molecule has 3 rings (SSSR count). The molecule has 2 unspecified atom stereocenters. The van der Waals surface area contributed by atoms with Crippen molar-refractivity contribution < 1.29 is 4.74 Å². The molecular formula is C19H29NO. The number of rotatable bonds is 5. The maximum Gasteiger partial charge on any atom is 0.0708 e. The summed E-state index contributed by atoms with van der Waals surface area (Å²) >= 11 is 0. The van der Waals surface area contributed by atoms with Crippen molar-refractivity contribution in [2.45, 2.75) is 76.0 Å². The summed E-state index contributed by atoms with van der Waals surface area (Å²) in [5, 5.41) is 3.67. The molecule has 0 aromatic heterocycles. The van der Waals surface area contributed by atoms with E-state index in [1.807, 2.05) is 0 Å². The van der Waals surface area contributed by atoms with Gasteiger partial charge in [0.25, 0.3) is 0 Å². The lowest BCUT2D eigenvalue weighted by Crippen LogP contribution is -2.37. The second-order valence-electron chi connectivity index (χ2n) is 7.02. The summed E-state index contributed by atoms with van der Waals surface area (Å²) in [5.74, 6) is 0. The lowest BCUT2D eigenvalue weighted by molar-refractivity contribution is -0.0628. The van der Waals surface area contributed by atoms with E-state index in [2.05, 4.69) is 42.6 Å².